The van der Waals surface area contributed by atoms with Gasteiger partial charge in [0.25, 0.3) is 0 Å². The maximum Gasteiger partial charge on any atom is 0.519 e. The van der Waals surface area contributed by atoms with Gasteiger partial charge in [0.05, 0.1) is 16.6 Å². The molecule has 0 bridgehead atoms. The molecular weight excluding hydrogens is 543 g/mol. The lowest BCUT2D eigenvalue weighted by Gasteiger charge is -2.24. The summed E-state index contributed by atoms with van der Waals surface area (Å²) in [4.78, 5) is 40.2. The average molecular weight is 580 g/mol. The number of benzene rings is 1. The first-order valence-electron chi connectivity index (χ1n) is 11.5. The van der Waals surface area contributed by atoms with Gasteiger partial charge >= 0.3 is 18.4 Å². The lowest BCUT2D eigenvalue weighted by molar-refractivity contribution is -0.0294. The summed E-state index contributed by atoms with van der Waals surface area (Å²) in [5, 5.41) is 1.66. The molecule has 12 heteroatoms. The Hall–Kier alpha value is -2.17. The molecule has 1 aliphatic heterocycles. The molecule has 0 unspecified atom stereocenters. The number of hydrogen-bond donors (Lipinski definition) is 0. The SMILES string of the molecule is CC(C)(C)OC(=O)N1CCSC1=NCc1cccc(Cl)c1Cl.CC(C)(C)OC(=O)OC(=O)OC(C)(C)C. The fraction of sp³-hybridized carbons (Fsp3) is 0.600. The van der Waals surface area contributed by atoms with Gasteiger partial charge in [0.2, 0.25) is 0 Å². The van der Waals surface area contributed by atoms with Crippen LogP contribution in [-0.2, 0) is 25.5 Å². The fourth-order valence-electron chi connectivity index (χ4n) is 2.45. The molecule has 1 amide bonds. The fourth-order valence-corrected chi connectivity index (χ4v) is 3.77. The highest BCUT2D eigenvalue weighted by Crippen LogP contribution is 2.27. The van der Waals surface area contributed by atoms with Crippen LogP contribution < -0.4 is 0 Å². The van der Waals surface area contributed by atoms with E-state index < -0.39 is 29.1 Å². The van der Waals surface area contributed by atoms with E-state index in [0.717, 1.165) is 11.3 Å². The van der Waals surface area contributed by atoms with Crippen molar-refractivity contribution in [1.29, 1.82) is 0 Å². The summed E-state index contributed by atoms with van der Waals surface area (Å²) >= 11 is 13.7. The van der Waals surface area contributed by atoms with E-state index in [-0.39, 0.29) is 6.09 Å². The number of aliphatic imine (C=N–C) groups is 1. The van der Waals surface area contributed by atoms with E-state index >= 15 is 0 Å². The Labute approximate surface area is 233 Å². The van der Waals surface area contributed by atoms with E-state index in [1.165, 1.54) is 11.8 Å². The van der Waals surface area contributed by atoms with Crippen molar-refractivity contribution in [1.82, 2.24) is 4.90 Å². The molecule has 208 valence electrons. The number of amidine groups is 1. The minimum Gasteiger partial charge on any atom is -0.443 e. The molecule has 2 rings (SSSR count). The summed E-state index contributed by atoms with van der Waals surface area (Å²) in [6.45, 7) is 16.5. The van der Waals surface area contributed by atoms with Crippen LogP contribution in [0.3, 0.4) is 0 Å². The third-order valence-corrected chi connectivity index (χ3v) is 5.61. The van der Waals surface area contributed by atoms with Crippen LogP contribution in [0.5, 0.6) is 0 Å². The second-order valence-corrected chi connectivity index (χ2v) is 12.7. The summed E-state index contributed by atoms with van der Waals surface area (Å²) in [6, 6.07) is 5.44. The Morgan fingerprint density at radius 3 is 1.89 bits per heavy atom. The molecule has 0 saturated carbocycles. The maximum absolute atomic E-state index is 12.2. The van der Waals surface area contributed by atoms with E-state index in [1.54, 1.807) is 52.5 Å². The van der Waals surface area contributed by atoms with Crippen molar-refractivity contribution in [3.05, 3.63) is 33.8 Å². The smallest absolute Gasteiger partial charge is 0.443 e. The molecule has 37 heavy (non-hydrogen) atoms. The van der Waals surface area contributed by atoms with Crippen LogP contribution in [0.2, 0.25) is 10.0 Å². The zero-order valence-corrected chi connectivity index (χ0v) is 25.1. The number of nitrogens with zero attached hydrogens (tertiary/aromatic N) is 2. The van der Waals surface area contributed by atoms with Crippen molar-refractivity contribution in [2.24, 2.45) is 4.99 Å². The largest absolute Gasteiger partial charge is 0.519 e. The number of rotatable bonds is 2. The number of hydrogen-bond acceptors (Lipinski definition) is 9. The molecule has 1 aliphatic rings. The topological polar surface area (TPSA) is 104 Å². The Kier molecular flexibility index (Phi) is 12.1. The van der Waals surface area contributed by atoms with Gasteiger partial charge in [-0.15, -0.1) is 0 Å². The molecule has 0 N–H and O–H groups in total. The maximum atomic E-state index is 12.2. The van der Waals surface area contributed by atoms with E-state index in [4.69, 9.17) is 37.4 Å². The van der Waals surface area contributed by atoms with Crippen LogP contribution in [0.15, 0.2) is 23.2 Å². The standard InChI is InChI=1S/C15H18Cl2N2O2S.C10H18O5/c1-15(2,3)21-14(20)19-7-8-22-13(19)18-9-10-5-4-6-11(16)12(10)17;1-9(2,3)14-7(11)13-8(12)15-10(4,5)6/h4-6H,7-9H2,1-3H3;1-6H3. The zero-order valence-electron chi connectivity index (χ0n) is 22.8. The van der Waals surface area contributed by atoms with Gasteiger partial charge in [0.15, 0.2) is 5.17 Å². The highest BCUT2D eigenvalue weighted by Gasteiger charge is 2.30. The summed E-state index contributed by atoms with van der Waals surface area (Å²) in [5.41, 5.74) is -1.08. The summed E-state index contributed by atoms with van der Waals surface area (Å²) < 4.78 is 19.2. The first-order chi connectivity index (χ1) is 16.8. The molecule has 1 saturated heterocycles. The number of thioether (sulfide) groups is 1. The van der Waals surface area contributed by atoms with Crippen molar-refractivity contribution in [2.45, 2.75) is 85.7 Å². The van der Waals surface area contributed by atoms with Gasteiger partial charge in [-0.1, -0.05) is 47.1 Å². The van der Waals surface area contributed by atoms with Crippen molar-refractivity contribution >= 4 is 58.5 Å². The molecule has 0 aliphatic carbocycles. The van der Waals surface area contributed by atoms with Crippen LogP contribution in [0.1, 0.15) is 67.9 Å². The number of amides is 1. The summed E-state index contributed by atoms with van der Waals surface area (Å²) in [5.74, 6) is 0.807. The van der Waals surface area contributed by atoms with Crippen molar-refractivity contribution < 1.29 is 33.3 Å². The summed E-state index contributed by atoms with van der Waals surface area (Å²) in [7, 11) is 0. The molecule has 9 nitrogen and oxygen atoms in total. The van der Waals surface area contributed by atoms with Crippen LogP contribution >= 0.6 is 35.0 Å². The van der Waals surface area contributed by atoms with E-state index in [1.807, 2.05) is 32.9 Å². The van der Waals surface area contributed by atoms with Crippen LogP contribution in [-0.4, -0.2) is 57.6 Å². The molecule has 0 spiro atoms. The van der Waals surface area contributed by atoms with Gasteiger partial charge in [0, 0.05) is 12.3 Å². The highest BCUT2D eigenvalue weighted by molar-refractivity contribution is 8.14. The number of halogens is 2. The zero-order chi connectivity index (χ0) is 28.6. The van der Waals surface area contributed by atoms with Crippen molar-refractivity contribution in [2.75, 3.05) is 12.3 Å². The first kappa shape index (κ1) is 32.9. The van der Waals surface area contributed by atoms with E-state index in [2.05, 4.69) is 9.73 Å². The third-order valence-electron chi connectivity index (χ3n) is 3.75. The predicted molar refractivity (Wildman–Crippen MR) is 147 cm³/mol. The average Bonchev–Trinajstić information content (AvgIpc) is 3.14. The monoisotopic (exact) mass is 578 g/mol. The Balaban J connectivity index is 0.000000401. The molecule has 0 aromatic heterocycles. The van der Waals surface area contributed by atoms with E-state index in [9.17, 15) is 14.4 Å². The quantitative estimate of drug-likeness (QED) is 0.199. The minimum absolute atomic E-state index is 0.367. The second kappa shape index (κ2) is 13.6. The Bertz CT molecular complexity index is 970. The first-order valence-corrected chi connectivity index (χ1v) is 13.3. The lowest BCUT2D eigenvalue weighted by atomic mass is 10.2. The van der Waals surface area contributed by atoms with Gasteiger partial charge in [-0.3, -0.25) is 9.89 Å². The highest BCUT2D eigenvalue weighted by atomic mass is 35.5. The number of ether oxygens (including phenoxy) is 4. The van der Waals surface area contributed by atoms with Crippen LogP contribution in [0.25, 0.3) is 0 Å². The Morgan fingerprint density at radius 1 is 0.892 bits per heavy atom. The van der Waals surface area contributed by atoms with Crippen molar-refractivity contribution in [3.8, 4) is 0 Å². The van der Waals surface area contributed by atoms with Crippen LogP contribution in [0, 0.1) is 0 Å². The molecular formula is C25H36Cl2N2O7S. The lowest BCUT2D eigenvalue weighted by Crippen LogP contribution is -2.37. The normalized spacial score (nSPS) is 15.0. The van der Waals surface area contributed by atoms with Crippen LogP contribution in [0.4, 0.5) is 14.4 Å². The predicted octanol–water partition coefficient (Wildman–Crippen LogP) is 7.71. The van der Waals surface area contributed by atoms with Crippen molar-refractivity contribution in [3.63, 3.8) is 0 Å². The number of carbonyl (C=O) groups excluding carboxylic acids is 3. The number of carbonyl (C=O) groups is 3. The molecule has 1 fully saturated rings. The molecule has 0 atom stereocenters. The second-order valence-electron chi connectivity index (χ2n) is 10.8. The summed E-state index contributed by atoms with van der Waals surface area (Å²) in [6.07, 6.45) is -2.48. The third kappa shape index (κ3) is 13.8. The van der Waals surface area contributed by atoms with E-state index in [0.29, 0.717) is 28.3 Å². The van der Waals surface area contributed by atoms with Gasteiger partial charge in [0.1, 0.15) is 16.8 Å². The molecule has 1 aromatic carbocycles. The molecule has 0 radical (unpaired) electrons. The minimum atomic E-state index is -1.06. The molecule has 1 heterocycles. The van der Waals surface area contributed by atoms with Gasteiger partial charge in [-0.05, 0) is 73.9 Å². The van der Waals surface area contributed by atoms with Gasteiger partial charge < -0.3 is 18.9 Å². The van der Waals surface area contributed by atoms with Gasteiger partial charge in [-0.25, -0.2) is 14.4 Å². The Morgan fingerprint density at radius 2 is 1.41 bits per heavy atom. The van der Waals surface area contributed by atoms with Gasteiger partial charge in [-0.2, -0.15) is 0 Å². The molecule has 1 aromatic rings.